The van der Waals surface area contributed by atoms with Crippen LogP contribution in [-0.4, -0.2) is 6.54 Å². The normalized spacial score (nSPS) is 16.7. The van der Waals surface area contributed by atoms with Crippen LogP contribution in [0.3, 0.4) is 0 Å². The van der Waals surface area contributed by atoms with Crippen LogP contribution >= 0.6 is 27.5 Å². The number of hydrogen-bond donors (Lipinski definition) is 1. The van der Waals surface area contributed by atoms with Gasteiger partial charge in [-0.3, -0.25) is 0 Å². The van der Waals surface area contributed by atoms with Crippen LogP contribution in [-0.2, 0) is 0 Å². The van der Waals surface area contributed by atoms with Gasteiger partial charge in [-0.2, -0.15) is 0 Å². The summed E-state index contributed by atoms with van der Waals surface area (Å²) in [5.74, 6) is 0. The highest BCUT2D eigenvalue weighted by atomic mass is 79.9. The van der Waals surface area contributed by atoms with Crippen molar-refractivity contribution in [1.29, 1.82) is 0 Å². The van der Waals surface area contributed by atoms with Crippen LogP contribution in [0.25, 0.3) is 0 Å². The molecule has 0 radical (unpaired) electrons. The van der Waals surface area contributed by atoms with Crippen molar-refractivity contribution >= 4 is 27.5 Å². The first-order chi connectivity index (χ1) is 8.72. The summed E-state index contributed by atoms with van der Waals surface area (Å²) in [5.41, 5.74) is 2.82. The van der Waals surface area contributed by atoms with Gasteiger partial charge in [-0.05, 0) is 65.9 Å². The molecule has 1 nitrogen and oxygen atoms in total. The van der Waals surface area contributed by atoms with Gasteiger partial charge >= 0.3 is 0 Å². The summed E-state index contributed by atoms with van der Waals surface area (Å²) in [6, 6.07) is 6.58. The summed E-state index contributed by atoms with van der Waals surface area (Å²) < 4.78 is 0.976. The van der Waals surface area contributed by atoms with E-state index in [-0.39, 0.29) is 0 Å². The molecule has 1 N–H and O–H groups in total. The Bertz CT molecular complexity index is 442. The molecule has 2 rings (SSSR count). The quantitative estimate of drug-likeness (QED) is 0.728. The zero-order chi connectivity index (χ0) is 13.0. The largest absolute Gasteiger partial charge is 0.307 e. The molecule has 0 aromatic heterocycles. The van der Waals surface area contributed by atoms with E-state index in [9.17, 15) is 0 Å². The number of halogens is 2. The van der Waals surface area contributed by atoms with Crippen molar-refractivity contribution in [1.82, 2.24) is 5.32 Å². The molecule has 1 aromatic carbocycles. The van der Waals surface area contributed by atoms with E-state index in [2.05, 4.69) is 46.4 Å². The fraction of sp³-hybridized carbons (Fsp3) is 0.467. The lowest BCUT2D eigenvalue weighted by atomic mass is 9.98. The number of benzene rings is 1. The molecule has 0 amide bonds. The van der Waals surface area contributed by atoms with E-state index in [4.69, 9.17) is 11.6 Å². The Balaban J connectivity index is 2.23. The molecular weight excluding hydrogens is 310 g/mol. The fourth-order valence-electron chi connectivity index (χ4n) is 2.40. The highest BCUT2D eigenvalue weighted by Gasteiger charge is 2.18. The Hall–Kier alpha value is -0.310. The molecule has 0 saturated carbocycles. The second-order valence-corrected chi connectivity index (χ2v) is 5.99. The van der Waals surface area contributed by atoms with Crippen LogP contribution in [0.4, 0.5) is 0 Å². The summed E-state index contributed by atoms with van der Waals surface area (Å²) >= 11 is 9.58. The second-order valence-electron chi connectivity index (χ2n) is 4.73. The highest BCUT2D eigenvalue weighted by molar-refractivity contribution is 9.10. The monoisotopic (exact) mass is 327 g/mol. The molecule has 18 heavy (non-hydrogen) atoms. The van der Waals surface area contributed by atoms with Crippen LogP contribution in [0.2, 0.25) is 5.02 Å². The Morgan fingerprint density at radius 3 is 2.89 bits per heavy atom. The van der Waals surface area contributed by atoms with Crippen molar-refractivity contribution in [3.05, 3.63) is 44.9 Å². The number of allylic oxidation sites excluding steroid dienone is 1. The van der Waals surface area contributed by atoms with Gasteiger partial charge < -0.3 is 5.32 Å². The minimum Gasteiger partial charge on any atom is -0.307 e. The molecule has 1 unspecified atom stereocenters. The van der Waals surface area contributed by atoms with E-state index in [0.29, 0.717) is 6.04 Å². The van der Waals surface area contributed by atoms with E-state index < -0.39 is 0 Å². The van der Waals surface area contributed by atoms with E-state index in [1.807, 2.05) is 6.07 Å². The zero-order valence-electron chi connectivity index (χ0n) is 10.7. The smallest absolute Gasteiger partial charge is 0.0548 e. The van der Waals surface area contributed by atoms with Crippen LogP contribution in [0.1, 0.15) is 44.2 Å². The van der Waals surface area contributed by atoms with E-state index in [1.54, 1.807) is 0 Å². The molecule has 0 fully saturated rings. The minimum absolute atomic E-state index is 0.348. The molecule has 0 heterocycles. The third-order valence-corrected chi connectivity index (χ3v) is 4.54. The number of nitrogens with one attached hydrogen (secondary N) is 1. The van der Waals surface area contributed by atoms with Gasteiger partial charge in [-0.15, -0.1) is 0 Å². The summed E-state index contributed by atoms with van der Waals surface area (Å²) in [5, 5.41) is 4.41. The molecular formula is C15H19BrClN. The maximum atomic E-state index is 6.07. The predicted molar refractivity (Wildman–Crippen MR) is 82.1 cm³/mol. The van der Waals surface area contributed by atoms with Gasteiger partial charge in [0.1, 0.15) is 0 Å². The molecule has 98 valence electrons. The number of hydrogen-bond acceptors (Lipinski definition) is 1. The third-order valence-electron chi connectivity index (χ3n) is 3.32. The first-order valence-corrected chi connectivity index (χ1v) is 7.76. The zero-order valence-corrected chi connectivity index (χ0v) is 13.0. The predicted octanol–water partition coefficient (Wildman–Crippen LogP) is 5.25. The van der Waals surface area contributed by atoms with E-state index >= 15 is 0 Å². The summed E-state index contributed by atoms with van der Waals surface area (Å²) in [7, 11) is 0. The van der Waals surface area contributed by atoms with Crippen molar-refractivity contribution in [3.63, 3.8) is 0 Å². The van der Waals surface area contributed by atoms with Gasteiger partial charge in [0, 0.05) is 4.47 Å². The molecule has 1 aliphatic carbocycles. The van der Waals surface area contributed by atoms with Crippen LogP contribution in [0.5, 0.6) is 0 Å². The fourth-order valence-corrected chi connectivity index (χ4v) is 2.92. The maximum Gasteiger partial charge on any atom is 0.0548 e. The lowest BCUT2D eigenvalue weighted by Crippen LogP contribution is -2.23. The average Bonchev–Trinajstić information content (AvgIpc) is 2.88. The molecule has 0 saturated heterocycles. The lowest BCUT2D eigenvalue weighted by molar-refractivity contribution is 0.578. The standard InChI is InChI=1S/C15H19BrClN/c1-2-9-18-15(11-5-3-4-6-11)12-7-8-14(17)13(16)10-12/h5,7-8,10,15,18H,2-4,6,9H2,1H3. The first-order valence-electron chi connectivity index (χ1n) is 6.59. The van der Waals surface area contributed by atoms with Crippen molar-refractivity contribution in [2.75, 3.05) is 6.54 Å². The van der Waals surface area contributed by atoms with Crippen LogP contribution in [0.15, 0.2) is 34.3 Å². The summed E-state index contributed by atoms with van der Waals surface area (Å²) in [4.78, 5) is 0. The Kier molecular flexibility index (Phi) is 5.28. The molecule has 0 aliphatic heterocycles. The average molecular weight is 329 g/mol. The Labute approximate surface area is 123 Å². The van der Waals surface area contributed by atoms with Crippen LogP contribution < -0.4 is 5.32 Å². The maximum absolute atomic E-state index is 6.07. The van der Waals surface area contributed by atoms with Gasteiger partial charge in [0.15, 0.2) is 0 Å². The third kappa shape index (κ3) is 3.37. The van der Waals surface area contributed by atoms with E-state index in [0.717, 1.165) is 22.5 Å². The first kappa shape index (κ1) is 14.1. The highest BCUT2D eigenvalue weighted by Crippen LogP contribution is 2.33. The molecule has 1 atom stereocenters. The number of rotatable bonds is 5. The SMILES string of the molecule is CCCNC(C1=CCCC1)c1ccc(Cl)c(Br)c1. The van der Waals surface area contributed by atoms with Gasteiger partial charge in [0.25, 0.3) is 0 Å². The summed E-state index contributed by atoms with van der Waals surface area (Å²) in [6.45, 7) is 3.24. The van der Waals surface area contributed by atoms with Crippen molar-refractivity contribution in [2.45, 2.75) is 38.6 Å². The van der Waals surface area contributed by atoms with Gasteiger partial charge in [0.2, 0.25) is 0 Å². The second kappa shape index (κ2) is 6.74. The van der Waals surface area contributed by atoms with Crippen LogP contribution in [0, 0.1) is 0 Å². The molecule has 0 spiro atoms. The van der Waals surface area contributed by atoms with Gasteiger partial charge in [-0.1, -0.05) is 36.2 Å². The van der Waals surface area contributed by atoms with Gasteiger partial charge in [0.05, 0.1) is 11.1 Å². The van der Waals surface area contributed by atoms with Crippen molar-refractivity contribution in [3.8, 4) is 0 Å². The van der Waals surface area contributed by atoms with E-state index in [1.165, 1.54) is 30.4 Å². The topological polar surface area (TPSA) is 12.0 Å². The summed E-state index contributed by atoms with van der Waals surface area (Å²) in [6.07, 6.45) is 7.25. The van der Waals surface area contributed by atoms with Crippen molar-refractivity contribution in [2.24, 2.45) is 0 Å². The van der Waals surface area contributed by atoms with Crippen molar-refractivity contribution < 1.29 is 0 Å². The lowest BCUT2D eigenvalue weighted by Gasteiger charge is -2.21. The Morgan fingerprint density at radius 1 is 1.44 bits per heavy atom. The molecule has 3 heteroatoms. The molecule has 1 aliphatic rings. The molecule has 1 aromatic rings. The minimum atomic E-state index is 0.348. The van der Waals surface area contributed by atoms with Gasteiger partial charge in [-0.25, -0.2) is 0 Å². The molecule has 0 bridgehead atoms. The Morgan fingerprint density at radius 2 is 2.28 bits per heavy atom.